The summed E-state index contributed by atoms with van der Waals surface area (Å²) in [5.41, 5.74) is 2.00. The fourth-order valence-electron chi connectivity index (χ4n) is 3.43. The molecular formula is C20H19N3OS2. The summed E-state index contributed by atoms with van der Waals surface area (Å²) in [5.74, 6) is 0. The van der Waals surface area contributed by atoms with Crippen LogP contribution >= 0.6 is 23.1 Å². The molecule has 132 valence electrons. The van der Waals surface area contributed by atoms with Gasteiger partial charge in [-0.2, -0.15) is 5.26 Å². The fraction of sp³-hybridized carbons (Fsp3) is 0.350. The van der Waals surface area contributed by atoms with Gasteiger partial charge in [-0.15, -0.1) is 11.3 Å². The molecule has 1 atom stereocenters. The molecule has 0 aliphatic heterocycles. The van der Waals surface area contributed by atoms with Gasteiger partial charge in [0.15, 0.2) is 5.16 Å². The molecule has 4 nitrogen and oxygen atoms in total. The minimum absolute atomic E-state index is 0.00626. The molecule has 26 heavy (non-hydrogen) atoms. The molecule has 1 unspecified atom stereocenters. The highest BCUT2D eigenvalue weighted by Gasteiger charge is 2.22. The van der Waals surface area contributed by atoms with Crippen LogP contribution in [0.15, 0.2) is 40.3 Å². The molecule has 0 saturated heterocycles. The van der Waals surface area contributed by atoms with Crippen molar-refractivity contribution < 1.29 is 0 Å². The largest absolute Gasteiger partial charge is 0.268 e. The number of fused-ring (bicyclic) bond motifs is 3. The van der Waals surface area contributed by atoms with Crippen LogP contribution in [0.5, 0.6) is 0 Å². The van der Waals surface area contributed by atoms with Gasteiger partial charge in [0.1, 0.15) is 4.83 Å². The maximum absolute atomic E-state index is 13.5. The molecule has 4 rings (SSSR count). The Morgan fingerprint density at radius 2 is 2.00 bits per heavy atom. The summed E-state index contributed by atoms with van der Waals surface area (Å²) < 4.78 is 1.68. The van der Waals surface area contributed by atoms with Crippen molar-refractivity contribution in [2.24, 2.45) is 0 Å². The lowest BCUT2D eigenvalue weighted by atomic mass is 10.1. The van der Waals surface area contributed by atoms with Crippen LogP contribution in [-0.2, 0) is 12.8 Å². The Labute approximate surface area is 160 Å². The standard InChI is InChI=1S/C20H19N3OS2/c1-13(12-21)25-20-22-18-17(15-10-6-3-7-11-16(15)26-18)19(24)23(20)14-8-4-2-5-9-14/h2,4-5,8-9,13H,3,6-7,10-11H2,1H3. The van der Waals surface area contributed by atoms with Crippen LogP contribution in [0.25, 0.3) is 15.9 Å². The summed E-state index contributed by atoms with van der Waals surface area (Å²) in [4.78, 5) is 20.5. The Kier molecular flexibility index (Phi) is 4.84. The van der Waals surface area contributed by atoms with E-state index < -0.39 is 0 Å². The van der Waals surface area contributed by atoms with Crippen molar-refractivity contribution in [1.82, 2.24) is 9.55 Å². The van der Waals surface area contributed by atoms with Crippen LogP contribution in [-0.4, -0.2) is 14.8 Å². The van der Waals surface area contributed by atoms with Crippen molar-refractivity contribution in [2.75, 3.05) is 0 Å². The van der Waals surface area contributed by atoms with E-state index in [4.69, 9.17) is 4.98 Å². The van der Waals surface area contributed by atoms with E-state index in [1.54, 1.807) is 15.9 Å². The first-order chi connectivity index (χ1) is 12.7. The lowest BCUT2D eigenvalue weighted by molar-refractivity contribution is 0.713. The number of aryl methyl sites for hydroxylation is 2. The molecule has 6 heteroatoms. The minimum Gasteiger partial charge on any atom is -0.268 e. The molecule has 2 aromatic heterocycles. The Hall–Kier alpha value is -2.10. The first kappa shape index (κ1) is 17.3. The third-order valence-electron chi connectivity index (χ3n) is 4.69. The zero-order chi connectivity index (χ0) is 18.1. The average Bonchev–Trinajstić information content (AvgIpc) is 2.84. The van der Waals surface area contributed by atoms with E-state index in [0.717, 1.165) is 35.2 Å². The van der Waals surface area contributed by atoms with Crippen LogP contribution in [0.2, 0.25) is 0 Å². The first-order valence-corrected chi connectivity index (χ1v) is 10.6. The van der Waals surface area contributed by atoms with Crippen LogP contribution in [0.1, 0.15) is 36.6 Å². The Balaban J connectivity index is 2.00. The molecule has 0 saturated carbocycles. The first-order valence-electron chi connectivity index (χ1n) is 8.88. The summed E-state index contributed by atoms with van der Waals surface area (Å²) >= 11 is 3.00. The number of nitriles is 1. The third-order valence-corrected chi connectivity index (χ3v) is 6.82. The van der Waals surface area contributed by atoms with Gasteiger partial charge < -0.3 is 0 Å². The van der Waals surface area contributed by atoms with Crippen molar-refractivity contribution in [1.29, 1.82) is 5.26 Å². The molecule has 0 fully saturated rings. The van der Waals surface area contributed by atoms with Gasteiger partial charge in [0.25, 0.3) is 5.56 Å². The second kappa shape index (κ2) is 7.26. The van der Waals surface area contributed by atoms with Crippen LogP contribution in [0.4, 0.5) is 0 Å². The molecule has 0 N–H and O–H groups in total. The highest BCUT2D eigenvalue weighted by molar-refractivity contribution is 8.00. The van der Waals surface area contributed by atoms with Gasteiger partial charge in [0, 0.05) is 4.88 Å². The molecule has 0 amide bonds. The summed E-state index contributed by atoms with van der Waals surface area (Å²) in [7, 11) is 0. The molecule has 2 heterocycles. The second-order valence-corrected chi connectivity index (χ2v) is 8.90. The lowest BCUT2D eigenvalue weighted by Crippen LogP contribution is -2.22. The number of thioether (sulfide) groups is 1. The van der Waals surface area contributed by atoms with Gasteiger partial charge in [-0.1, -0.05) is 36.4 Å². The SMILES string of the molecule is CC(C#N)Sc1nc2sc3c(c2c(=O)n1-c1ccccc1)CCCCC3. The summed E-state index contributed by atoms with van der Waals surface area (Å²) in [6, 6.07) is 11.8. The quantitative estimate of drug-likeness (QED) is 0.374. The second-order valence-electron chi connectivity index (χ2n) is 6.50. The van der Waals surface area contributed by atoms with Gasteiger partial charge in [-0.25, -0.2) is 4.98 Å². The highest BCUT2D eigenvalue weighted by atomic mass is 32.2. The van der Waals surface area contributed by atoms with E-state index in [1.807, 2.05) is 37.3 Å². The van der Waals surface area contributed by atoms with Gasteiger partial charge in [-0.3, -0.25) is 9.36 Å². The molecule has 1 aliphatic carbocycles. The van der Waals surface area contributed by atoms with E-state index in [-0.39, 0.29) is 10.8 Å². The lowest BCUT2D eigenvalue weighted by Gasteiger charge is -2.13. The van der Waals surface area contributed by atoms with Crippen molar-refractivity contribution >= 4 is 33.3 Å². The topological polar surface area (TPSA) is 58.7 Å². The van der Waals surface area contributed by atoms with E-state index in [2.05, 4.69) is 6.07 Å². The number of hydrogen-bond acceptors (Lipinski definition) is 5. The average molecular weight is 382 g/mol. The molecule has 3 aromatic rings. The Bertz CT molecular complexity index is 1050. The van der Waals surface area contributed by atoms with E-state index >= 15 is 0 Å². The number of rotatable bonds is 3. The fourth-order valence-corrected chi connectivity index (χ4v) is 5.55. The molecule has 1 aromatic carbocycles. The number of benzene rings is 1. The van der Waals surface area contributed by atoms with E-state index in [0.29, 0.717) is 5.16 Å². The van der Waals surface area contributed by atoms with Crippen molar-refractivity contribution in [3.8, 4) is 11.8 Å². The zero-order valence-corrected chi connectivity index (χ0v) is 16.2. The normalized spacial score (nSPS) is 15.2. The van der Waals surface area contributed by atoms with Crippen LogP contribution < -0.4 is 5.56 Å². The van der Waals surface area contributed by atoms with E-state index in [9.17, 15) is 10.1 Å². The Morgan fingerprint density at radius 1 is 1.23 bits per heavy atom. The molecule has 0 spiro atoms. The zero-order valence-electron chi connectivity index (χ0n) is 14.6. The summed E-state index contributed by atoms with van der Waals surface area (Å²) in [6.45, 7) is 1.83. The molecule has 0 radical (unpaired) electrons. The van der Waals surface area contributed by atoms with Crippen LogP contribution in [0, 0.1) is 11.3 Å². The smallest absolute Gasteiger partial charge is 0.267 e. The van der Waals surface area contributed by atoms with Crippen LogP contribution in [0.3, 0.4) is 0 Å². The van der Waals surface area contributed by atoms with Gasteiger partial charge >= 0.3 is 0 Å². The molecular weight excluding hydrogens is 362 g/mol. The van der Waals surface area contributed by atoms with Crippen molar-refractivity contribution in [2.45, 2.75) is 49.4 Å². The minimum atomic E-state index is -0.271. The predicted molar refractivity (Wildman–Crippen MR) is 107 cm³/mol. The van der Waals surface area contributed by atoms with Gasteiger partial charge in [0.2, 0.25) is 0 Å². The van der Waals surface area contributed by atoms with Gasteiger partial charge in [0.05, 0.1) is 22.4 Å². The molecule has 0 bridgehead atoms. The summed E-state index contributed by atoms with van der Waals surface area (Å²) in [5, 5.41) is 10.3. The highest BCUT2D eigenvalue weighted by Crippen LogP contribution is 2.35. The number of thiophene rings is 1. The van der Waals surface area contributed by atoms with Crippen molar-refractivity contribution in [3.05, 3.63) is 51.1 Å². The Morgan fingerprint density at radius 3 is 2.77 bits per heavy atom. The van der Waals surface area contributed by atoms with E-state index in [1.165, 1.54) is 35.0 Å². The maximum Gasteiger partial charge on any atom is 0.267 e. The third kappa shape index (κ3) is 3.06. The number of aromatic nitrogens is 2. The number of nitrogens with zero attached hydrogens (tertiary/aromatic N) is 3. The van der Waals surface area contributed by atoms with Crippen molar-refractivity contribution in [3.63, 3.8) is 0 Å². The predicted octanol–water partition coefficient (Wildman–Crippen LogP) is 4.72. The monoisotopic (exact) mass is 381 g/mol. The number of para-hydroxylation sites is 1. The number of hydrogen-bond donors (Lipinski definition) is 0. The van der Waals surface area contributed by atoms with Gasteiger partial charge in [-0.05, 0) is 50.3 Å². The summed E-state index contributed by atoms with van der Waals surface area (Å²) in [6.07, 6.45) is 5.53. The molecule has 1 aliphatic rings. The maximum atomic E-state index is 13.5.